The lowest BCUT2D eigenvalue weighted by molar-refractivity contribution is -0.113. The van der Waals surface area contributed by atoms with Gasteiger partial charge in [-0.05, 0) is 23.8 Å². The SMILES string of the molecule is C=CCn1c(SCC(=O)Nc2cc(Cl)cc(Cl)c2)nc2scc(-c3ccccc3)c2c1=O. The van der Waals surface area contributed by atoms with E-state index in [0.717, 1.165) is 11.1 Å². The van der Waals surface area contributed by atoms with Crippen LogP contribution in [0.25, 0.3) is 21.3 Å². The van der Waals surface area contributed by atoms with E-state index in [1.165, 1.54) is 23.1 Å². The number of aromatic nitrogens is 2. The molecule has 0 aliphatic rings. The first kappa shape index (κ1) is 22.6. The Morgan fingerprint density at radius 1 is 1.19 bits per heavy atom. The van der Waals surface area contributed by atoms with Crippen LogP contribution in [0.3, 0.4) is 0 Å². The molecule has 4 rings (SSSR count). The van der Waals surface area contributed by atoms with Gasteiger partial charge in [0.2, 0.25) is 5.91 Å². The molecule has 0 fully saturated rings. The molecule has 0 atom stereocenters. The van der Waals surface area contributed by atoms with Gasteiger partial charge in [0.15, 0.2) is 5.16 Å². The molecule has 162 valence electrons. The minimum absolute atomic E-state index is 0.0656. The molecule has 2 heterocycles. The van der Waals surface area contributed by atoms with Crippen LogP contribution in [-0.2, 0) is 11.3 Å². The standard InChI is InChI=1S/C23H17Cl2N3O2S2/c1-2-8-28-22(30)20-18(14-6-4-3-5-7-14)12-31-21(20)27-23(28)32-13-19(29)26-17-10-15(24)9-16(25)11-17/h2-7,9-12H,1,8,13H2,(H,26,29). The second-order valence-corrected chi connectivity index (χ2v) is 9.46. The largest absolute Gasteiger partial charge is 0.325 e. The van der Waals surface area contributed by atoms with Gasteiger partial charge in [0, 0.05) is 33.2 Å². The molecular formula is C23H17Cl2N3O2S2. The van der Waals surface area contributed by atoms with Crippen molar-refractivity contribution in [1.29, 1.82) is 0 Å². The van der Waals surface area contributed by atoms with Gasteiger partial charge in [0.05, 0.1) is 11.1 Å². The van der Waals surface area contributed by atoms with Gasteiger partial charge < -0.3 is 5.32 Å². The molecule has 9 heteroatoms. The van der Waals surface area contributed by atoms with Gasteiger partial charge in [-0.15, -0.1) is 17.9 Å². The van der Waals surface area contributed by atoms with Crippen molar-refractivity contribution in [1.82, 2.24) is 9.55 Å². The Labute approximate surface area is 202 Å². The fourth-order valence-corrected chi connectivity index (χ4v) is 5.51. The number of allylic oxidation sites excluding steroid dienone is 1. The Morgan fingerprint density at radius 2 is 1.91 bits per heavy atom. The van der Waals surface area contributed by atoms with Crippen LogP contribution in [0.5, 0.6) is 0 Å². The van der Waals surface area contributed by atoms with E-state index in [-0.39, 0.29) is 17.2 Å². The lowest BCUT2D eigenvalue weighted by atomic mass is 10.1. The van der Waals surface area contributed by atoms with Gasteiger partial charge in [0.25, 0.3) is 5.56 Å². The third kappa shape index (κ3) is 4.91. The number of thiophene rings is 1. The highest BCUT2D eigenvalue weighted by molar-refractivity contribution is 7.99. The molecule has 2 aromatic heterocycles. The van der Waals surface area contributed by atoms with Crippen LogP contribution in [0, 0.1) is 0 Å². The Morgan fingerprint density at radius 3 is 2.59 bits per heavy atom. The molecule has 32 heavy (non-hydrogen) atoms. The van der Waals surface area contributed by atoms with Crippen LogP contribution in [0.1, 0.15) is 0 Å². The lowest BCUT2D eigenvalue weighted by Gasteiger charge is -2.11. The summed E-state index contributed by atoms with van der Waals surface area (Å²) in [7, 11) is 0. The molecule has 0 spiro atoms. The summed E-state index contributed by atoms with van der Waals surface area (Å²) in [5, 5.41) is 6.60. The van der Waals surface area contributed by atoms with E-state index in [1.807, 2.05) is 35.7 Å². The van der Waals surface area contributed by atoms with Crippen molar-refractivity contribution in [2.45, 2.75) is 11.7 Å². The summed E-state index contributed by atoms with van der Waals surface area (Å²) in [5.74, 6) is -0.195. The lowest BCUT2D eigenvalue weighted by Crippen LogP contribution is -2.23. The van der Waals surface area contributed by atoms with E-state index in [0.29, 0.717) is 37.7 Å². The molecular weight excluding hydrogens is 485 g/mol. The average Bonchev–Trinajstić information content (AvgIpc) is 3.18. The molecule has 4 aromatic rings. The minimum Gasteiger partial charge on any atom is -0.325 e. The predicted octanol–water partition coefficient (Wildman–Crippen LogP) is 6.35. The fraction of sp³-hybridized carbons (Fsp3) is 0.0870. The van der Waals surface area contributed by atoms with Crippen LogP contribution in [0.2, 0.25) is 10.0 Å². The maximum absolute atomic E-state index is 13.3. The van der Waals surface area contributed by atoms with E-state index in [4.69, 9.17) is 23.2 Å². The topological polar surface area (TPSA) is 64.0 Å². The number of fused-ring (bicyclic) bond motifs is 1. The number of rotatable bonds is 7. The fourth-order valence-electron chi connectivity index (χ4n) is 3.19. The zero-order valence-electron chi connectivity index (χ0n) is 16.7. The smallest absolute Gasteiger partial charge is 0.263 e. The first-order valence-electron chi connectivity index (χ1n) is 9.53. The molecule has 1 amide bonds. The maximum Gasteiger partial charge on any atom is 0.263 e. The van der Waals surface area contributed by atoms with Crippen molar-refractivity contribution >= 4 is 68.1 Å². The zero-order chi connectivity index (χ0) is 22.7. The minimum atomic E-state index is -0.260. The van der Waals surface area contributed by atoms with Gasteiger partial charge in [-0.1, -0.05) is 71.4 Å². The summed E-state index contributed by atoms with van der Waals surface area (Å²) in [6.45, 7) is 4.05. The molecule has 0 radical (unpaired) electrons. The summed E-state index contributed by atoms with van der Waals surface area (Å²) in [6.07, 6.45) is 1.64. The van der Waals surface area contributed by atoms with Gasteiger partial charge >= 0.3 is 0 Å². The normalized spacial score (nSPS) is 10.9. The second-order valence-electron chi connectivity index (χ2n) is 6.79. The number of thioether (sulfide) groups is 1. The van der Waals surface area contributed by atoms with E-state index < -0.39 is 0 Å². The van der Waals surface area contributed by atoms with Crippen LogP contribution >= 0.6 is 46.3 Å². The highest BCUT2D eigenvalue weighted by Crippen LogP contribution is 2.32. The third-order valence-corrected chi connectivity index (χ3v) is 6.82. The second kappa shape index (κ2) is 9.92. The van der Waals surface area contributed by atoms with Crippen molar-refractivity contribution in [2.24, 2.45) is 0 Å². The molecule has 0 aliphatic heterocycles. The monoisotopic (exact) mass is 501 g/mol. The first-order chi connectivity index (χ1) is 15.5. The van der Waals surface area contributed by atoms with Crippen LogP contribution in [0.4, 0.5) is 5.69 Å². The van der Waals surface area contributed by atoms with E-state index in [2.05, 4.69) is 16.9 Å². The van der Waals surface area contributed by atoms with Gasteiger partial charge in [0.1, 0.15) is 4.83 Å². The van der Waals surface area contributed by atoms with Gasteiger partial charge in [-0.2, -0.15) is 0 Å². The molecule has 0 aliphatic carbocycles. The zero-order valence-corrected chi connectivity index (χ0v) is 19.8. The number of halogens is 2. The van der Waals surface area contributed by atoms with Crippen LogP contribution in [-0.4, -0.2) is 21.2 Å². The summed E-state index contributed by atoms with van der Waals surface area (Å²) in [5.41, 5.74) is 2.17. The number of carbonyl (C=O) groups is 1. The Hall–Kier alpha value is -2.58. The molecule has 0 saturated carbocycles. The third-order valence-electron chi connectivity index (χ3n) is 4.53. The highest BCUT2D eigenvalue weighted by Gasteiger charge is 2.18. The Kier molecular flexibility index (Phi) is 7.01. The first-order valence-corrected chi connectivity index (χ1v) is 12.2. The van der Waals surface area contributed by atoms with Crippen LogP contribution in [0.15, 0.2) is 76.5 Å². The molecule has 0 saturated heterocycles. The molecule has 1 N–H and O–H groups in total. The highest BCUT2D eigenvalue weighted by atomic mass is 35.5. The number of hydrogen-bond acceptors (Lipinski definition) is 5. The van der Waals surface area contributed by atoms with E-state index >= 15 is 0 Å². The van der Waals surface area contributed by atoms with Crippen molar-refractivity contribution in [2.75, 3.05) is 11.1 Å². The van der Waals surface area contributed by atoms with E-state index in [1.54, 1.807) is 28.8 Å². The number of anilines is 1. The van der Waals surface area contributed by atoms with Crippen LogP contribution < -0.4 is 10.9 Å². The number of carbonyl (C=O) groups excluding carboxylic acids is 1. The Bertz CT molecular complexity index is 1350. The number of nitrogens with one attached hydrogen (secondary N) is 1. The number of amides is 1. The molecule has 2 aromatic carbocycles. The predicted molar refractivity (Wildman–Crippen MR) is 135 cm³/mol. The number of hydrogen-bond donors (Lipinski definition) is 1. The average molecular weight is 502 g/mol. The maximum atomic E-state index is 13.3. The summed E-state index contributed by atoms with van der Waals surface area (Å²) in [6, 6.07) is 14.6. The molecule has 0 unspecified atom stereocenters. The quantitative estimate of drug-likeness (QED) is 0.182. The summed E-state index contributed by atoms with van der Waals surface area (Å²) < 4.78 is 1.54. The molecule has 0 bridgehead atoms. The van der Waals surface area contributed by atoms with Crippen molar-refractivity contribution in [3.05, 3.63) is 87.0 Å². The summed E-state index contributed by atoms with van der Waals surface area (Å²) in [4.78, 5) is 31.1. The van der Waals surface area contributed by atoms with E-state index in [9.17, 15) is 9.59 Å². The van der Waals surface area contributed by atoms with Gasteiger partial charge in [-0.3, -0.25) is 14.2 Å². The van der Waals surface area contributed by atoms with Crippen molar-refractivity contribution in [3.63, 3.8) is 0 Å². The van der Waals surface area contributed by atoms with Crippen molar-refractivity contribution < 1.29 is 4.79 Å². The molecule has 5 nitrogen and oxygen atoms in total. The number of benzene rings is 2. The summed E-state index contributed by atoms with van der Waals surface area (Å²) >= 11 is 14.6. The number of nitrogens with zero attached hydrogens (tertiary/aromatic N) is 2. The van der Waals surface area contributed by atoms with Crippen molar-refractivity contribution in [3.8, 4) is 11.1 Å². The Balaban J connectivity index is 1.62. The van der Waals surface area contributed by atoms with Gasteiger partial charge in [-0.25, -0.2) is 4.98 Å².